The smallest absolute Gasteiger partial charge is 0.0476 e. The Morgan fingerprint density at radius 1 is 0.377 bits per heavy atom. The molecule has 0 aliphatic heterocycles. The third kappa shape index (κ3) is 4.62. The Morgan fingerprint density at radius 3 is 1.83 bits per heavy atom. The first-order valence-corrected chi connectivity index (χ1v) is 19.2. The Bertz CT molecular complexity index is 3090. The van der Waals surface area contributed by atoms with E-state index in [0.717, 1.165) is 17.1 Å². The molecule has 0 amide bonds. The van der Waals surface area contributed by atoms with Gasteiger partial charge in [0.25, 0.3) is 0 Å². The number of anilines is 3. The van der Waals surface area contributed by atoms with Gasteiger partial charge in [-0.05, 0) is 114 Å². The van der Waals surface area contributed by atoms with Crippen molar-refractivity contribution in [2.75, 3.05) is 4.90 Å². The molecule has 1 aliphatic carbocycles. The van der Waals surface area contributed by atoms with Crippen LogP contribution >= 0.6 is 11.3 Å². The maximum atomic E-state index is 2.43. The van der Waals surface area contributed by atoms with Crippen molar-refractivity contribution in [2.24, 2.45) is 0 Å². The molecular weight excluding hydrogens is 659 g/mol. The van der Waals surface area contributed by atoms with Crippen molar-refractivity contribution in [3.8, 4) is 22.3 Å². The van der Waals surface area contributed by atoms with Crippen LogP contribution in [0.5, 0.6) is 0 Å². The zero-order valence-electron chi connectivity index (χ0n) is 29.6. The molecule has 0 atom stereocenters. The Kier molecular flexibility index (Phi) is 6.53. The monoisotopic (exact) mass is 693 g/mol. The Morgan fingerprint density at radius 2 is 0.962 bits per heavy atom. The highest BCUT2D eigenvalue weighted by atomic mass is 32.1. The van der Waals surface area contributed by atoms with Gasteiger partial charge in [-0.1, -0.05) is 141 Å². The van der Waals surface area contributed by atoms with Crippen molar-refractivity contribution in [1.29, 1.82) is 0 Å². The lowest BCUT2D eigenvalue weighted by Crippen LogP contribution is -2.15. The zero-order valence-corrected chi connectivity index (χ0v) is 30.4. The van der Waals surface area contributed by atoms with E-state index in [1.807, 2.05) is 11.3 Å². The molecule has 0 unspecified atom stereocenters. The van der Waals surface area contributed by atoms with Gasteiger partial charge in [0.2, 0.25) is 0 Å². The van der Waals surface area contributed by atoms with E-state index in [4.69, 9.17) is 0 Å². The summed E-state index contributed by atoms with van der Waals surface area (Å²) in [7, 11) is 0. The van der Waals surface area contributed by atoms with Crippen molar-refractivity contribution in [2.45, 2.75) is 19.3 Å². The number of hydrogen-bond acceptors (Lipinski definition) is 2. The predicted molar refractivity (Wildman–Crippen MR) is 230 cm³/mol. The van der Waals surface area contributed by atoms with Gasteiger partial charge in [-0.3, -0.25) is 0 Å². The molecule has 53 heavy (non-hydrogen) atoms. The van der Waals surface area contributed by atoms with Gasteiger partial charge in [0.15, 0.2) is 0 Å². The quantitative estimate of drug-likeness (QED) is 0.166. The molecule has 0 saturated heterocycles. The summed E-state index contributed by atoms with van der Waals surface area (Å²) in [5.74, 6) is 0. The third-order valence-corrected chi connectivity index (χ3v) is 12.8. The van der Waals surface area contributed by atoms with E-state index in [1.54, 1.807) is 0 Å². The first-order chi connectivity index (χ1) is 26.0. The lowest BCUT2D eigenvalue weighted by molar-refractivity contribution is 0.660. The van der Waals surface area contributed by atoms with E-state index in [1.165, 1.54) is 85.9 Å². The molecule has 11 rings (SSSR count). The molecule has 10 aromatic rings. The van der Waals surface area contributed by atoms with Crippen LogP contribution in [-0.2, 0) is 5.41 Å². The summed E-state index contributed by atoms with van der Waals surface area (Å²) in [5, 5.41) is 10.4. The second-order valence-corrected chi connectivity index (χ2v) is 16.0. The van der Waals surface area contributed by atoms with Crippen LogP contribution in [0, 0.1) is 0 Å². The van der Waals surface area contributed by atoms with Crippen molar-refractivity contribution >= 4 is 80.9 Å². The van der Waals surface area contributed by atoms with Gasteiger partial charge in [0, 0.05) is 42.6 Å². The zero-order chi connectivity index (χ0) is 35.3. The van der Waals surface area contributed by atoms with Crippen molar-refractivity contribution in [3.63, 3.8) is 0 Å². The summed E-state index contributed by atoms with van der Waals surface area (Å²) < 4.78 is 2.62. The Labute approximate surface area is 313 Å². The minimum atomic E-state index is -0.0349. The van der Waals surface area contributed by atoms with Crippen LogP contribution in [0.4, 0.5) is 17.1 Å². The standard InChI is InChI=1S/C51H35NS/c1-51(2)47-13-7-5-11-43(47)46-30-37(23-28-48(46)51)52(38-22-27-45-44-12-6-8-14-49(44)53-50(45)31-38)36-20-15-32(16-21-36)34-18-24-40-35(29-34)19-26-41-39-10-4-3-9-33(39)17-25-42(40)41/h3-31H,1-2H3. The summed E-state index contributed by atoms with van der Waals surface area (Å²) in [4.78, 5) is 2.43. The van der Waals surface area contributed by atoms with E-state index in [2.05, 4.69) is 195 Å². The van der Waals surface area contributed by atoms with Crippen LogP contribution in [-0.4, -0.2) is 0 Å². The Hall–Kier alpha value is -6.22. The van der Waals surface area contributed by atoms with Gasteiger partial charge < -0.3 is 4.90 Å². The van der Waals surface area contributed by atoms with Crippen molar-refractivity contribution < 1.29 is 0 Å². The lowest BCUT2D eigenvalue weighted by Gasteiger charge is -2.27. The number of fused-ring (bicyclic) bond motifs is 11. The molecule has 1 aliphatic rings. The summed E-state index contributed by atoms with van der Waals surface area (Å²) in [6.07, 6.45) is 0. The fourth-order valence-electron chi connectivity index (χ4n) is 8.96. The third-order valence-electron chi connectivity index (χ3n) is 11.6. The van der Waals surface area contributed by atoms with Crippen molar-refractivity contribution in [3.05, 3.63) is 187 Å². The summed E-state index contributed by atoms with van der Waals surface area (Å²) in [5.41, 5.74) is 11.3. The number of rotatable bonds is 4. The highest BCUT2D eigenvalue weighted by Gasteiger charge is 2.35. The first-order valence-electron chi connectivity index (χ1n) is 18.4. The normalized spacial score (nSPS) is 13.2. The molecule has 9 aromatic carbocycles. The SMILES string of the molecule is CC1(C)c2ccccc2-c2cc(N(c3ccc(-c4ccc5c(ccc6c7ccccc7ccc56)c4)cc3)c3ccc4c(c3)sc3ccccc34)ccc21. The van der Waals surface area contributed by atoms with Gasteiger partial charge in [0.05, 0.1) is 0 Å². The largest absolute Gasteiger partial charge is 0.310 e. The molecule has 2 heteroatoms. The number of thiophene rings is 1. The maximum absolute atomic E-state index is 2.43. The lowest BCUT2D eigenvalue weighted by atomic mass is 9.82. The average molecular weight is 694 g/mol. The van der Waals surface area contributed by atoms with Crippen LogP contribution in [0.2, 0.25) is 0 Å². The Balaban J connectivity index is 1.03. The molecule has 1 aromatic heterocycles. The molecule has 0 N–H and O–H groups in total. The van der Waals surface area contributed by atoms with E-state index in [0.29, 0.717) is 0 Å². The highest BCUT2D eigenvalue weighted by Crippen LogP contribution is 2.51. The molecule has 250 valence electrons. The summed E-state index contributed by atoms with van der Waals surface area (Å²) in [6, 6.07) is 65.5. The molecule has 0 radical (unpaired) electrons. The molecule has 1 heterocycles. The van der Waals surface area contributed by atoms with E-state index in [-0.39, 0.29) is 5.41 Å². The van der Waals surface area contributed by atoms with Crippen LogP contribution < -0.4 is 4.90 Å². The minimum Gasteiger partial charge on any atom is -0.310 e. The molecular formula is C51H35NS. The number of hydrogen-bond donors (Lipinski definition) is 0. The van der Waals surface area contributed by atoms with Gasteiger partial charge in [-0.2, -0.15) is 0 Å². The van der Waals surface area contributed by atoms with Crippen molar-refractivity contribution in [1.82, 2.24) is 0 Å². The van der Waals surface area contributed by atoms with E-state index in [9.17, 15) is 0 Å². The fraction of sp³-hybridized carbons (Fsp3) is 0.0588. The molecule has 1 nitrogen and oxygen atoms in total. The second kappa shape index (κ2) is 11.4. The topological polar surface area (TPSA) is 3.24 Å². The van der Waals surface area contributed by atoms with E-state index < -0.39 is 0 Å². The summed E-state index contributed by atoms with van der Waals surface area (Å²) >= 11 is 1.87. The number of nitrogens with zero attached hydrogens (tertiary/aromatic N) is 1. The predicted octanol–water partition coefficient (Wildman–Crippen LogP) is 15.0. The minimum absolute atomic E-state index is 0.0349. The molecule has 0 bridgehead atoms. The number of benzene rings is 9. The first kappa shape index (κ1) is 30.4. The second-order valence-electron chi connectivity index (χ2n) is 14.9. The van der Waals surface area contributed by atoms with Gasteiger partial charge >= 0.3 is 0 Å². The van der Waals surface area contributed by atoms with Gasteiger partial charge in [0.1, 0.15) is 0 Å². The average Bonchev–Trinajstić information content (AvgIpc) is 3.69. The highest BCUT2D eigenvalue weighted by molar-refractivity contribution is 7.25. The van der Waals surface area contributed by atoms with Crippen LogP contribution in [0.1, 0.15) is 25.0 Å². The summed E-state index contributed by atoms with van der Waals surface area (Å²) in [6.45, 7) is 4.70. The molecule has 0 saturated carbocycles. The molecule has 0 spiro atoms. The molecule has 0 fully saturated rings. The van der Waals surface area contributed by atoms with E-state index >= 15 is 0 Å². The van der Waals surface area contributed by atoms with Gasteiger partial charge in [-0.15, -0.1) is 11.3 Å². The van der Waals surface area contributed by atoms with Crippen LogP contribution in [0.15, 0.2) is 176 Å². The maximum Gasteiger partial charge on any atom is 0.0476 e. The van der Waals surface area contributed by atoms with Crippen LogP contribution in [0.25, 0.3) is 74.7 Å². The van der Waals surface area contributed by atoms with Crippen LogP contribution in [0.3, 0.4) is 0 Å². The fourth-order valence-corrected chi connectivity index (χ4v) is 10.1. The van der Waals surface area contributed by atoms with Gasteiger partial charge in [-0.25, -0.2) is 0 Å².